The molecule has 0 radical (unpaired) electrons. The monoisotopic (exact) mass is 426 g/mol. The molecular formula is C22H15ClO7. The first-order chi connectivity index (χ1) is 14.4. The molecule has 1 atom stereocenters. The maximum Gasteiger partial charge on any atom is 0.338 e. The quantitative estimate of drug-likeness (QED) is 0.550. The largest absolute Gasteiger partial charge is 0.466 e. The molecule has 2 aromatic carbocycles. The van der Waals surface area contributed by atoms with Gasteiger partial charge >= 0.3 is 11.9 Å². The van der Waals surface area contributed by atoms with E-state index in [2.05, 4.69) is 0 Å². The molecule has 0 unspecified atom stereocenters. The molecule has 4 rings (SSSR count). The minimum Gasteiger partial charge on any atom is -0.466 e. The maximum atomic E-state index is 13.4. The second-order valence-electron chi connectivity index (χ2n) is 6.71. The van der Waals surface area contributed by atoms with Crippen LogP contribution < -0.4 is 0 Å². The molecule has 1 spiro atoms. The summed E-state index contributed by atoms with van der Waals surface area (Å²) >= 11 is 6.08. The van der Waals surface area contributed by atoms with E-state index in [0.717, 1.165) is 14.2 Å². The third-order valence-electron chi connectivity index (χ3n) is 5.18. The number of rotatable bonds is 3. The number of fused-ring (bicyclic) bond motifs is 1. The van der Waals surface area contributed by atoms with Crippen molar-refractivity contribution in [3.05, 3.63) is 81.4 Å². The summed E-state index contributed by atoms with van der Waals surface area (Å²) in [5.41, 5.74) is -2.53. The van der Waals surface area contributed by atoms with Crippen LogP contribution in [-0.2, 0) is 23.8 Å². The van der Waals surface area contributed by atoms with Gasteiger partial charge in [0.25, 0.3) is 0 Å². The topological polar surface area (TPSA) is 96.0 Å². The number of ketones is 2. The van der Waals surface area contributed by atoms with E-state index in [1.54, 1.807) is 30.3 Å². The Morgan fingerprint density at radius 1 is 0.933 bits per heavy atom. The van der Waals surface area contributed by atoms with E-state index in [0.29, 0.717) is 10.6 Å². The Kier molecular flexibility index (Phi) is 4.80. The predicted octanol–water partition coefficient (Wildman–Crippen LogP) is 2.87. The lowest BCUT2D eigenvalue weighted by molar-refractivity contribution is -0.139. The third-order valence-corrected chi connectivity index (χ3v) is 5.42. The van der Waals surface area contributed by atoms with Gasteiger partial charge in [-0.15, -0.1) is 0 Å². The number of halogens is 1. The van der Waals surface area contributed by atoms with Gasteiger partial charge in [0.05, 0.1) is 25.4 Å². The zero-order chi connectivity index (χ0) is 21.6. The van der Waals surface area contributed by atoms with Crippen LogP contribution in [0.2, 0.25) is 5.02 Å². The van der Waals surface area contributed by atoms with Gasteiger partial charge in [0.1, 0.15) is 6.10 Å². The van der Waals surface area contributed by atoms with Crippen molar-refractivity contribution in [3.63, 3.8) is 0 Å². The number of carbonyl (C=O) groups excluding carboxylic acids is 4. The van der Waals surface area contributed by atoms with Gasteiger partial charge in [0, 0.05) is 16.1 Å². The van der Waals surface area contributed by atoms with Gasteiger partial charge in [-0.05, 0) is 17.7 Å². The molecule has 30 heavy (non-hydrogen) atoms. The van der Waals surface area contributed by atoms with E-state index in [1.165, 1.54) is 18.2 Å². The molecule has 0 fully saturated rings. The van der Waals surface area contributed by atoms with E-state index < -0.39 is 40.8 Å². The molecule has 7 nitrogen and oxygen atoms in total. The highest BCUT2D eigenvalue weighted by Gasteiger charge is 2.66. The molecular weight excluding hydrogens is 412 g/mol. The Balaban J connectivity index is 2.02. The minimum atomic E-state index is -2.34. The van der Waals surface area contributed by atoms with E-state index in [9.17, 15) is 19.2 Å². The van der Waals surface area contributed by atoms with Crippen LogP contribution in [0.15, 0.2) is 59.7 Å². The van der Waals surface area contributed by atoms with Crippen molar-refractivity contribution < 1.29 is 33.4 Å². The number of hydrogen-bond acceptors (Lipinski definition) is 7. The molecule has 1 aliphatic heterocycles. The summed E-state index contributed by atoms with van der Waals surface area (Å²) in [7, 11) is 2.21. The number of esters is 2. The lowest BCUT2D eigenvalue weighted by atomic mass is 9.86. The maximum absolute atomic E-state index is 13.4. The number of methoxy groups -OCH3 is 2. The van der Waals surface area contributed by atoms with Gasteiger partial charge in [-0.25, -0.2) is 9.59 Å². The summed E-state index contributed by atoms with van der Waals surface area (Å²) in [6.45, 7) is 0. The van der Waals surface area contributed by atoms with Crippen molar-refractivity contribution in [2.24, 2.45) is 0 Å². The Hall–Kier alpha value is -3.29. The van der Waals surface area contributed by atoms with E-state index >= 15 is 0 Å². The van der Waals surface area contributed by atoms with Crippen molar-refractivity contribution in [1.29, 1.82) is 0 Å². The van der Waals surface area contributed by atoms with Crippen LogP contribution in [0.5, 0.6) is 0 Å². The van der Waals surface area contributed by atoms with Crippen LogP contribution >= 0.6 is 11.6 Å². The molecule has 8 heteroatoms. The number of hydrogen-bond donors (Lipinski definition) is 0. The van der Waals surface area contributed by atoms with Crippen LogP contribution in [0.4, 0.5) is 0 Å². The summed E-state index contributed by atoms with van der Waals surface area (Å²) < 4.78 is 15.7. The first-order valence-corrected chi connectivity index (χ1v) is 9.27. The van der Waals surface area contributed by atoms with Crippen LogP contribution in [0.25, 0.3) is 0 Å². The van der Waals surface area contributed by atoms with Crippen molar-refractivity contribution in [2.75, 3.05) is 14.2 Å². The van der Waals surface area contributed by atoms with Gasteiger partial charge in [0.15, 0.2) is 0 Å². The highest BCUT2D eigenvalue weighted by molar-refractivity contribution is 6.37. The van der Waals surface area contributed by atoms with Gasteiger partial charge in [-0.1, -0.05) is 48.0 Å². The molecule has 2 aromatic rings. The number of ether oxygens (including phenoxy) is 3. The third kappa shape index (κ3) is 2.63. The first-order valence-electron chi connectivity index (χ1n) is 8.90. The number of carbonyl (C=O) groups is 4. The summed E-state index contributed by atoms with van der Waals surface area (Å²) in [4.78, 5) is 52.3. The average Bonchev–Trinajstić information content (AvgIpc) is 3.23. The summed E-state index contributed by atoms with van der Waals surface area (Å²) in [5, 5.41) is 0.341. The molecule has 1 heterocycles. The van der Waals surface area contributed by atoms with Gasteiger partial charge in [0.2, 0.25) is 17.2 Å². The number of Topliss-reactive ketones (excluding diaryl/α,β-unsaturated/α-hetero) is 2. The molecule has 0 saturated heterocycles. The Bertz CT molecular complexity index is 1110. The smallest absolute Gasteiger partial charge is 0.338 e. The highest BCUT2D eigenvalue weighted by Crippen LogP contribution is 2.51. The molecule has 152 valence electrons. The Labute approximate surface area is 176 Å². The summed E-state index contributed by atoms with van der Waals surface area (Å²) in [6, 6.07) is 12.5. The van der Waals surface area contributed by atoms with Crippen LogP contribution in [-0.4, -0.2) is 43.3 Å². The predicted molar refractivity (Wildman–Crippen MR) is 104 cm³/mol. The van der Waals surface area contributed by atoms with E-state index in [-0.39, 0.29) is 16.7 Å². The van der Waals surface area contributed by atoms with Crippen molar-refractivity contribution in [2.45, 2.75) is 11.7 Å². The lowest BCUT2D eigenvalue weighted by Crippen LogP contribution is -2.46. The zero-order valence-corrected chi connectivity index (χ0v) is 16.7. The van der Waals surface area contributed by atoms with Crippen molar-refractivity contribution in [1.82, 2.24) is 0 Å². The van der Waals surface area contributed by atoms with E-state index in [1.807, 2.05) is 0 Å². The van der Waals surface area contributed by atoms with Gasteiger partial charge in [-0.3, -0.25) is 9.59 Å². The van der Waals surface area contributed by atoms with Crippen LogP contribution in [0.3, 0.4) is 0 Å². The summed E-state index contributed by atoms with van der Waals surface area (Å²) in [5.74, 6) is -3.44. The van der Waals surface area contributed by atoms with E-state index in [4.69, 9.17) is 25.8 Å². The molecule has 1 aliphatic carbocycles. The van der Waals surface area contributed by atoms with Crippen molar-refractivity contribution in [3.8, 4) is 0 Å². The van der Waals surface area contributed by atoms with Gasteiger partial charge < -0.3 is 14.2 Å². The second kappa shape index (κ2) is 7.19. The average molecular weight is 427 g/mol. The number of benzene rings is 2. The minimum absolute atomic E-state index is 0.0971. The van der Waals surface area contributed by atoms with Crippen LogP contribution in [0.1, 0.15) is 32.4 Å². The summed E-state index contributed by atoms with van der Waals surface area (Å²) in [6.07, 6.45) is -1.24. The zero-order valence-electron chi connectivity index (χ0n) is 15.9. The molecule has 0 saturated carbocycles. The molecule has 0 aromatic heterocycles. The lowest BCUT2D eigenvalue weighted by Gasteiger charge is -2.23. The second-order valence-corrected chi connectivity index (χ2v) is 7.15. The fourth-order valence-electron chi connectivity index (χ4n) is 3.89. The SMILES string of the molecule is COC(=O)C1=C(C(=O)OC)C2(O[C@H]1c1cccc(Cl)c1)C(=O)c1ccccc1C2=O. The molecule has 0 N–H and O–H groups in total. The Morgan fingerprint density at radius 2 is 1.53 bits per heavy atom. The fourth-order valence-corrected chi connectivity index (χ4v) is 4.09. The molecule has 0 bridgehead atoms. The highest BCUT2D eigenvalue weighted by atomic mass is 35.5. The first kappa shape index (κ1) is 20.0. The van der Waals surface area contributed by atoms with Crippen LogP contribution in [0, 0.1) is 0 Å². The standard InChI is InChI=1S/C22H15ClO7/c1-28-20(26)15-16(21(27)29-2)22(30-17(15)11-6-5-7-12(23)10-11)18(24)13-8-3-4-9-14(13)19(22)25/h3-10,17H,1-2H3/t17-/m0/s1. The Morgan fingerprint density at radius 3 is 2.07 bits per heavy atom. The van der Waals surface area contributed by atoms with Gasteiger partial charge in [-0.2, -0.15) is 0 Å². The fraction of sp³-hybridized carbons (Fsp3) is 0.182. The molecule has 2 aliphatic rings. The normalized spacial score (nSPS) is 19.2. The van der Waals surface area contributed by atoms with Crippen molar-refractivity contribution >= 4 is 35.1 Å². The molecule has 0 amide bonds.